The van der Waals surface area contributed by atoms with Gasteiger partial charge >= 0.3 is 0 Å². The van der Waals surface area contributed by atoms with Crippen molar-refractivity contribution in [1.82, 2.24) is 0 Å². The third kappa shape index (κ3) is 8.47. The quantitative estimate of drug-likeness (QED) is 0.546. The number of ether oxygens (including phenoxy) is 2. The van der Waals surface area contributed by atoms with Gasteiger partial charge in [0.15, 0.2) is 0 Å². The fraction of sp³-hybridized carbons (Fsp3) is 1.00. The lowest BCUT2D eigenvalue weighted by Gasteiger charge is -2.08. The van der Waals surface area contributed by atoms with E-state index in [0.717, 1.165) is 26.4 Å². The minimum Gasteiger partial charge on any atom is -0.381 e. The van der Waals surface area contributed by atoms with Crippen LogP contribution in [0.3, 0.4) is 0 Å². The largest absolute Gasteiger partial charge is 0.381 e. The van der Waals surface area contributed by atoms with Gasteiger partial charge in [0.25, 0.3) is 0 Å². The number of hydrogen-bond acceptors (Lipinski definition) is 2. The van der Waals surface area contributed by atoms with Crippen molar-refractivity contribution < 1.29 is 9.47 Å². The lowest BCUT2D eigenvalue weighted by atomic mass is 10.2. The molecule has 80 valence electrons. The summed E-state index contributed by atoms with van der Waals surface area (Å²) in [5, 5.41) is 0. The van der Waals surface area contributed by atoms with Crippen molar-refractivity contribution in [3.8, 4) is 0 Å². The summed E-state index contributed by atoms with van der Waals surface area (Å²) in [5.74, 6) is 0. The zero-order chi connectivity index (χ0) is 8.49. The molecular formula is C10H24O2Si. The minimum absolute atomic E-state index is 0. The van der Waals surface area contributed by atoms with E-state index >= 15 is 0 Å². The average molecular weight is 204 g/mol. The zero-order valence-corrected chi connectivity index (χ0v) is 7.89. The van der Waals surface area contributed by atoms with Crippen molar-refractivity contribution in [3.63, 3.8) is 0 Å². The monoisotopic (exact) mass is 204 g/mol. The van der Waals surface area contributed by atoms with Gasteiger partial charge in [-0.25, -0.2) is 0 Å². The van der Waals surface area contributed by atoms with E-state index < -0.39 is 0 Å². The van der Waals surface area contributed by atoms with Crippen LogP contribution < -0.4 is 0 Å². The smallest absolute Gasteiger partial charge is 0.0466 e. The molecule has 0 atom stereocenters. The predicted octanol–water partition coefficient (Wildman–Crippen LogP) is 0.922. The van der Waals surface area contributed by atoms with E-state index in [0.29, 0.717) is 0 Å². The molecule has 0 amide bonds. The summed E-state index contributed by atoms with van der Waals surface area (Å²) < 4.78 is 10.1. The molecule has 3 heteroatoms. The van der Waals surface area contributed by atoms with Crippen molar-refractivity contribution in [3.05, 3.63) is 0 Å². The summed E-state index contributed by atoms with van der Waals surface area (Å²) in [6.45, 7) is 4.00. The van der Waals surface area contributed by atoms with Crippen LogP contribution in [0.25, 0.3) is 0 Å². The molecule has 0 spiro atoms. The van der Waals surface area contributed by atoms with Crippen molar-refractivity contribution in [2.45, 2.75) is 38.5 Å². The molecule has 0 radical (unpaired) electrons. The second kappa shape index (κ2) is 10.2. The van der Waals surface area contributed by atoms with Gasteiger partial charge in [0.05, 0.1) is 0 Å². The van der Waals surface area contributed by atoms with Gasteiger partial charge < -0.3 is 9.47 Å². The fourth-order valence-electron chi connectivity index (χ4n) is 1.37. The first-order chi connectivity index (χ1) is 6.00. The van der Waals surface area contributed by atoms with Crippen LogP contribution in [0.2, 0.25) is 0 Å². The van der Waals surface area contributed by atoms with Crippen LogP contribution in [0, 0.1) is 0 Å². The summed E-state index contributed by atoms with van der Waals surface area (Å²) in [7, 11) is 0. The van der Waals surface area contributed by atoms with Crippen LogP contribution in [-0.4, -0.2) is 37.4 Å². The van der Waals surface area contributed by atoms with Crippen LogP contribution in [0.4, 0.5) is 0 Å². The van der Waals surface area contributed by atoms with E-state index in [9.17, 15) is 0 Å². The second-order valence-electron chi connectivity index (χ2n) is 3.35. The maximum Gasteiger partial charge on any atom is 0.0466 e. The van der Waals surface area contributed by atoms with E-state index in [1.54, 1.807) is 0 Å². The molecule has 0 unspecified atom stereocenters. The molecule has 0 bridgehead atoms. The van der Waals surface area contributed by atoms with Gasteiger partial charge in [0.1, 0.15) is 0 Å². The zero-order valence-electron chi connectivity index (χ0n) is 7.89. The van der Waals surface area contributed by atoms with Crippen molar-refractivity contribution in [2.75, 3.05) is 26.4 Å². The molecule has 2 aliphatic rings. The Hall–Kier alpha value is 0.137. The van der Waals surface area contributed by atoms with Gasteiger partial charge in [-0.1, -0.05) is 0 Å². The molecule has 0 aromatic rings. The highest BCUT2D eigenvalue weighted by Crippen LogP contribution is 2.02. The molecule has 2 heterocycles. The molecule has 2 saturated heterocycles. The molecule has 2 nitrogen and oxygen atoms in total. The number of hydrogen-bond donors (Lipinski definition) is 0. The molecule has 0 aromatic carbocycles. The van der Waals surface area contributed by atoms with E-state index in [4.69, 9.17) is 9.47 Å². The van der Waals surface area contributed by atoms with Crippen LogP contribution in [-0.2, 0) is 9.47 Å². The summed E-state index contributed by atoms with van der Waals surface area (Å²) in [6, 6.07) is 0. The normalized spacial score (nSPS) is 22.2. The maximum absolute atomic E-state index is 5.07. The van der Waals surface area contributed by atoms with E-state index in [2.05, 4.69) is 0 Å². The Morgan fingerprint density at radius 2 is 0.769 bits per heavy atom. The highest BCUT2D eigenvalue weighted by Gasteiger charge is 1.95. The Morgan fingerprint density at radius 3 is 0.846 bits per heavy atom. The summed E-state index contributed by atoms with van der Waals surface area (Å²) in [4.78, 5) is 0. The van der Waals surface area contributed by atoms with Gasteiger partial charge in [0, 0.05) is 26.4 Å². The first-order valence-electron chi connectivity index (χ1n) is 5.15. The van der Waals surface area contributed by atoms with Gasteiger partial charge in [-0.3, -0.25) is 0 Å². The van der Waals surface area contributed by atoms with Gasteiger partial charge in [-0.2, -0.15) is 0 Å². The van der Waals surface area contributed by atoms with E-state index in [1.807, 2.05) is 0 Å². The third-order valence-corrected chi connectivity index (χ3v) is 2.15. The first-order valence-corrected chi connectivity index (χ1v) is 5.15. The van der Waals surface area contributed by atoms with Gasteiger partial charge in [-0.15, -0.1) is 0 Å². The summed E-state index contributed by atoms with van der Waals surface area (Å²) in [5.41, 5.74) is 0. The SMILES string of the molecule is C1CCOCC1.C1CCOCC1.[SiH4]. The van der Waals surface area contributed by atoms with Crippen molar-refractivity contribution in [2.24, 2.45) is 0 Å². The minimum atomic E-state index is 0. The Bertz CT molecular complexity index is 55.9. The molecule has 0 N–H and O–H groups in total. The topological polar surface area (TPSA) is 18.5 Å². The molecule has 0 aromatic heterocycles. The third-order valence-electron chi connectivity index (χ3n) is 2.15. The lowest BCUT2D eigenvalue weighted by molar-refractivity contribution is 0.0967. The van der Waals surface area contributed by atoms with Gasteiger partial charge in [-0.05, 0) is 49.5 Å². The van der Waals surface area contributed by atoms with Crippen molar-refractivity contribution in [1.29, 1.82) is 0 Å². The van der Waals surface area contributed by atoms with Crippen LogP contribution in [0.15, 0.2) is 0 Å². The summed E-state index contributed by atoms with van der Waals surface area (Å²) in [6.07, 6.45) is 7.86. The number of rotatable bonds is 0. The predicted molar refractivity (Wildman–Crippen MR) is 60.7 cm³/mol. The highest BCUT2D eigenvalue weighted by atomic mass is 28.1. The summed E-state index contributed by atoms with van der Waals surface area (Å²) >= 11 is 0. The molecule has 13 heavy (non-hydrogen) atoms. The van der Waals surface area contributed by atoms with E-state index in [1.165, 1.54) is 38.5 Å². The highest BCUT2D eigenvalue weighted by molar-refractivity contribution is 5.75. The first kappa shape index (κ1) is 13.1. The van der Waals surface area contributed by atoms with Crippen molar-refractivity contribution >= 4 is 11.0 Å². The molecular weight excluding hydrogens is 180 g/mol. The average Bonchev–Trinajstić information content (AvgIpc) is 2.24. The molecule has 0 aliphatic carbocycles. The Morgan fingerprint density at radius 1 is 0.462 bits per heavy atom. The standard InChI is InChI=1S/2C5H10O.H4Si/c2*1-2-4-6-5-3-1;/h2*1-5H2;1H4. The van der Waals surface area contributed by atoms with Gasteiger partial charge in [0.2, 0.25) is 0 Å². The molecule has 2 aliphatic heterocycles. The fourth-order valence-corrected chi connectivity index (χ4v) is 1.37. The van der Waals surface area contributed by atoms with Crippen LogP contribution in [0.1, 0.15) is 38.5 Å². The lowest BCUT2D eigenvalue weighted by Crippen LogP contribution is -2.03. The molecule has 0 saturated carbocycles. The van der Waals surface area contributed by atoms with Crippen LogP contribution in [0.5, 0.6) is 0 Å². The Balaban J connectivity index is 0.000000206. The Kier molecular flexibility index (Phi) is 10.3. The molecule has 2 rings (SSSR count). The van der Waals surface area contributed by atoms with Crippen LogP contribution >= 0.6 is 0 Å². The maximum atomic E-state index is 5.07. The second-order valence-corrected chi connectivity index (χ2v) is 3.35. The molecule has 2 fully saturated rings. The Labute approximate surface area is 86.0 Å². The van der Waals surface area contributed by atoms with E-state index in [-0.39, 0.29) is 11.0 Å².